The maximum absolute atomic E-state index is 9.72. The lowest BCUT2D eigenvalue weighted by atomic mass is 10.3. The first-order valence-electron chi connectivity index (χ1n) is 2.66. The van der Waals surface area contributed by atoms with E-state index in [1.807, 2.05) is 0 Å². The van der Waals surface area contributed by atoms with Crippen LogP contribution in [0.1, 0.15) is 26.2 Å². The molecule has 0 aromatic carbocycles. The van der Waals surface area contributed by atoms with Gasteiger partial charge in [-0.1, -0.05) is 19.8 Å². The molecule has 0 N–H and O–H groups in total. The van der Waals surface area contributed by atoms with E-state index in [-0.39, 0.29) is 0 Å². The van der Waals surface area contributed by atoms with Gasteiger partial charge in [-0.2, -0.15) is 4.55 Å². The molecule has 0 fully saturated rings. The Bertz CT molecular complexity index is 27.3. The Morgan fingerprint density at radius 2 is 2.14 bits per heavy atom. The fourth-order valence-corrected chi connectivity index (χ4v) is 0.733. The Morgan fingerprint density at radius 3 is 2.57 bits per heavy atom. The molecule has 0 aromatic heterocycles. The van der Waals surface area contributed by atoms with Crippen molar-refractivity contribution in [2.45, 2.75) is 26.2 Å². The van der Waals surface area contributed by atoms with Crippen LogP contribution in [0.15, 0.2) is 0 Å². The monoisotopic (exact) mass is 119 g/mol. The van der Waals surface area contributed by atoms with Crippen molar-refractivity contribution in [3.05, 3.63) is 0 Å². The van der Waals surface area contributed by atoms with Gasteiger partial charge >= 0.3 is 0 Å². The van der Waals surface area contributed by atoms with Crippen LogP contribution in [0.5, 0.6) is 0 Å². The van der Waals surface area contributed by atoms with Gasteiger partial charge in [0.1, 0.15) is 0 Å². The van der Waals surface area contributed by atoms with E-state index in [9.17, 15) is 4.55 Å². The summed E-state index contributed by atoms with van der Waals surface area (Å²) >= 11 is 0.692. The maximum atomic E-state index is 9.72. The molecule has 0 atom stereocenters. The van der Waals surface area contributed by atoms with Crippen molar-refractivity contribution < 1.29 is 4.55 Å². The lowest BCUT2D eigenvalue weighted by Crippen LogP contribution is -1.74. The molecule has 0 heterocycles. The zero-order valence-electron chi connectivity index (χ0n) is 4.64. The molecule has 0 unspecified atom stereocenters. The van der Waals surface area contributed by atoms with Crippen molar-refractivity contribution in [3.63, 3.8) is 0 Å². The van der Waals surface area contributed by atoms with E-state index in [4.69, 9.17) is 0 Å². The zero-order chi connectivity index (χ0) is 5.54. The highest BCUT2D eigenvalue weighted by Crippen LogP contribution is 2.00. The first-order chi connectivity index (χ1) is 3.41. The topological polar surface area (TPSA) is 19.9 Å². The summed E-state index contributed by atoms with van der Waals surface area (Å²) in [6.45, 7) is 2.13. The lowest BCUT2D eigenvalue weighted by molar-refractivity contribution is 0.529. The third-order valence-electron chi connectivity index (χ3n) is 0.831. The predicted octanol–water partition coefficient (Wildman–Crippen LogP) is 2.26. The van der Waals surface area contributed by atoms with Crippen LogP contribution >= 0.6 is 12.0 Å². The molecule has 1 nitrogen and oxygen atoms in total. The molecule has 0 rings (SSSR count). The molecule has 0 amide bonds. The summed E-state index contributed by atoms with van der Waals surface area (Å²) in [5.74, 6) is 0.786. The zero-order valence-corrected chi connectivity index (χ0v) is 5.46. The second-order valence-electron chi connectivity index (χ2n) is 1.53. The van der Waals surface area contributed by atoms with Crippen molar-refractivity contribution in [1.82, 2.24) is 0 Å². The fraction of sp³-hybridized carbons (Fsp3) is 1.00. The summed E-state index contributed by atoms with van der Waals surface area (Å²) in [6, 6.07) is 0. The number of unbranched alkanes of at least 4 members (excludes halogenated alkanes) is 2. The van der Waals surface area contributed by atoms with Gasteiger partial charge in [-0.05, 0) is 6.42 Å². The van der Waals surface area contributed by atoms with Crippen LogP contribution in [0.25, 0.3) is 0 Å². The summed E-state index contributed by atoms with van der Waals surface area (Å²) in [5, 5.41) is 0. The van der Waals surface area contributed by atoms with Gasteiger partial charge < -0.3 is 0 Å². The van der Waals surface area contributed by atoms with Crippen LogP contribution in [-0.2, 0) is 4.55 Å². The highest BCUT2D eigenvalue weighted by molar-refractivity contribution is 7.93. The minimum Gasteiger partial charge on any atom is -0.151 e. The molecule has 0 aliphatic carbocycles. The van der Waals surface area contributed by atoms with Gasteiger partial charge in [-0.3, -0.25) is 0 Å². The minimum absolute atomic E-state index is 0.692. The molecule has 0 aliphatic heterocycles. The Hall–Kier alpha value is 0.310. The molecule has 0 aromatic rings. The Kier molecular flexibility index (Phi) is 6.59. The van der Waals surface area contributed by atoms with E-state index in [0.717, 1.165) is 12.2 Å². The van der Waals surface area contributed by atoms with E-state index < -0.39 is 0 Å². The molecular weight excluding hydrogens is 108 g/mol. The van der Waals surface area contributed by atoms with Gasteiger partial charge in [0.25, 0.3) is 0 Å². The third-order valence-corrected chi connectivity index (χ3v) is 1.29. The van der Waals surface area contributed by atoms with Crippen molar-refractivity contribution in [2.75, 3.05) is 5.75 Å². The molecule has 0 saturated carbocycles. The molecule has 0 spiro atoms. The average molecular weight is 119 g/mol. The quantitative estimate of drug-likeness (QED) is 0.410. The van der Waals surface area contributed by atoms with Crippen molar-refractivity contribution in [2.24, 2.45) is 0 Å². The van der Waals surface area contributed by atoms with Crippen LogP contribution < -0.4 is 0 Å². The molecule has 1 radical (unpaired) electrons. The first-order valence-corrected chi connectivity index (χ1v) is 3.57. The standard InChI is InChI=1S/C5H11OS/c1-2-3-4-5-7-6/h2-5H2,1H3. The lowest BCUT2D eigenvalue weighted by Gasteiger charge is -1.88. The highest BCUT2D eigenvalue weighted by Gasteiger charge is 1.83. The molecular formula is C5H11OS. The molecule has 2 heteroatoms. The van der Waals surface area contributed by atoms with Crippen LogP contribution in [0.2, 0.25) is 0 Å². The molecule has 0 saturated heterocycles. The highest BCUT2D eigenvalue weighted by atomic mass is 32.2. The summed E-state index contributed by atoms with van der Waals surface area (Å²) in [5.41, 5.74) is 0. The largest absolute Gasteiger partial charge is 0.151 e. The minimum atomic E-state index is 0.692. The summed E-state index contributed by atoms with van der Waals surface area (Å²) in [4.78, 5) is 0. The first kappa shape index (κ1) is 7.31. The van der Waals surface area contributed by atoms with Crippen LogP contribution in [0, 0.1) is 0 Å². The van der Waals surface area contributed by atoms with Gasteiger partial charge in [0, 0.05) is 17.8 Å². The number of hydrogen-bond donors (Lipinski definition) is 0. The number of rotatable bonds is 4. The molecule has 7 heavy (non-hydrogen) atoms. The number of hydrogen-bond acceptors (Lipinski definition) is 1. The van der Waals surface area contributed by atoms with Gasteiger partial charge in [0.05, 0.1) is 0 Å². The van der Waals surface area contributed by atoms with E-state index in [1.54, 1.807) is 0 Å². The Labute approximate surface area is 49.3 Å². The fourth-order valence-electron chi connectivity index (χ4n) is 0.411. The average Bonchev–Trinajstić information content (AvgIpc) is 1.69. The summed E-state index contributed by atoms with van der Waals surface area (Å²) < 4.78 is 9.72. The van der Waals surface area contributed by atoms with Gasteiger partial charge in [0.2, 0.25) is 0 Å². The summed E-state index contributed by atoms with van der Waals surface area (Å²) in [6.07, 6.45) is 3.50. The van der Waals surface area contributed by atoms with E-state index in [1.165, 1.54) is 12.8 Å². The van der Waals surface area contributed by atoms with Gasteiger partial charge in [-0.25, -0.2) is 0 Å². The van der Waals surface area contributed by atoms with E-state index in [0.29, 0.717) is 12.0 Å². The van der Waals surface area contributed by atoms with Gasteiger partial charge in [-0.15, -0.1) is 0 Å². The maximum Gasteiger partial charge on any atom is 0.0326 e. The van der Waals surface area contributed by atoms with E-state index >= 15 is 0 Å². The van der Waals surface area contributed by atoms with Gasteiger partial charge in [0.15, 0.2) is 0 Å². The van der Waals surface area contributed by atoms with Crippen molar-refractivity contribution >= 4 is 12.0 Å². The molecule has 43 valence electrons. The Balaban J connectivity index is 2.45. The predicted molar refractivity (Wildman–Crippen MR) is 32.7 cm³/mol. The second kappa shape index (κ2) is 6.31. The second-order valence-corrected chi connectivity index (χ2v) is 2.17. The SMILES string of the molecule is CCCCCS[O]. The third kappa shape index (κ3) is 6.31. The van der Waals surface area contributed by atoms with Crippen molar-refractivity contribution in [3.8, 4) is 0 Å². The Morgan fingerprint density at radius 1 is 1.43 bits per heavy atom. The van der Waals surface area contributed by atoms with Crippen LogP contribution in [0.4, 0.5) is 0 Å². The van der Waals surface area contributed by atoms with E-state index in [2.05, 4.69) is 6.92 Å². The van der Waals surface area contributed by atoms with Crippen molar-refractivity contribution in [1.29, 1.82) is 0 Å². The van der Waals surface area contributed by atoms with Crippen LogP contribution in [0.3, 0.4) is 0 Å². The molecule has 0 aliphatic rings. The summed E-state index contributed by atoms with van der Waals surface area (Å²) in [7, 11) is 0. The normalized spacial score (nSPS) is 9.43. The molecule has 0 bridgehead atoms. The smallest absolute Gasteiger partial charge is 0.0326 e. The van der Waals surface area contributed by atoms with Crippen LogP contribution in [-0.4, -0.2) is 5.75 Å².